The van der Waals surface area contributed by atoms with Crippen molar-refractivity contribution in [2.75, 3.05) is 25.5 Å². The number of likely N-dealkylation sites (tertiary alicyclic amines) is 1. The number of benzene rings is 2. The van der Waals surface area contributed by atoms with Crippen molar-refractivity contribution in [2.24, 2.45) is 0 Å². The van der Waals surface area contributed by atoms with Gasteiger partial charge in [-0.1, -0.05) is 18.2 Å². The smallest absolute Gasteiger partial charge is 0.410 e. The summed E-state index contributed by atoms with van der Waals surface area (Å²) < 4.78 is 41.1. The Balaban J connectivity index is 1.52. The number of rotatable bonds is 5. The molecule has 40 heavy (non-hydrogen) atoms. The van der Waals surface area contributed by atoms with Crippen molar-refractivity contribution >= 4 is 22.8 Å². The standard InChI is InChI=1S/C29H31F2N5O4/c1-29(2,3)40-28(38)35-14-6-7-18(15-35)36-16-20(23-24(36)27(37)34-33-26(23)32-4)17-10-12-19(13-11-17)39-25-21(30)8-5-9-22(25)31/h5,8-13,16,18H,6-7,14-15H2,1-4H3,(H,32,33)(H,34,37)/t18-/m1/s1. The molecule has 3 heterocycles. The van der Waals surface area contributed by atoms with E-state index in [4.69, 9.17) is 9.47 Å². The maximum Gasteiger partial charge on any atom is 0.410 e. The number of nitrogens with one attached hydrogen (secondary N) is 2. The zero-order valence-corrected chi connectivity index (χ0v) is 22.8. The molecule has 2 aromatic heterocycles. The summed E-state index contributed by atoms with van der Waals surface area (Å²) in [5, 5.41) is 10.4. The molecule has 4 aromatic rings. The monoisotopic (exact) mass is 551 g/mol. The summed E-state index contributed by atoms with van der Waals surface area (Å²) in [5.41, 5.74) is 0.934. The Hall–Kier alpha value is -4.41. The number of carbonyl (C=O) groups is 1. The van der Waals surface area contributed by atoms with Crippen LogP contribution in [0.2, 0.25) is 0 Å². The van der Waals surface area contributed by atoms with E-state index in [-0.39, 0.29) is 23.4 Å². The van der Waals surface area contributed by atoms with Gasteiger partial charge < -0.3 is 24.3 Å². The van der Waals surface area contributed by atoms with Gasteiger partial charge in [-0.25, -0.2) is 18.7 Å². The fourth-order valence-electron chi connectivity index (χ4n) is 4.97. The fourth-order valence-corrected chi connectivity index (χ4v) is 4.97. The van der Waals surface area contributed by atoms with Gasteiger partial charge in [0.1, 0.15) is 16.9 Å². The first kappa shape index (κ1) is 27.2. The molecule has 1 saturated heterocycles. The van der Waals surface area contributed by atoms with Gasteiger partial charge in [-0.3, -0.25) is 4.79 Å². The van der Waals surface area contributed by atoms with E-state index in [1.807, 2.05) is 31.5 Å². The van der Waals surface area contributed by atoms with Gasteiger partial charge in [0, 0.05) is 31.9 Å². The van der Waals surface area contributed by atoms with Crippen LogP contribution in [0.5, 0.6) is 11.5 Å². The van der Waals surface area contributed by atoms with E-state index < -0.39 is 23.0 Å². The molecule has 0 aliphatic carbocycles. The van der Waals surface area contributed by atoms with Crippen molar-refractivity contribution < 1.29 is 23.0 Å². The van der Waals surface area contributed by atoms with Crippen LogP contribution in [-0.2, 0) is 4.74 Å². The molecule has 9 nitrogen and oxygen atoms in total. The number of amides is 1. The van der Waals surface area contributed by atoms with Gasteiger partial charge in [-0.05, 0) is 63.4 Å². The summed E-state index contributed by atoms with van der Waals surface area (Å²) in [7, 11) is 1.71. The number of hydrogen-bond donors (Lipinski definition) is 2. The van der Waals surface area contributed by atoms with Crippen molar-refractivity contribution in [1.29, 1.82) is 0 Å². The van der Waals surface area contributed by atoms with E-state index in [0.717, 1.165) is 36.1 Å². The quantitative estimate of drug-likeness (QED) is 0.312. The van der Waals surface area contributed by atoms with Crippen LogP contribution in [0.25, 0.3) is 22.0 Å². The maximum atomic E-state index is 14.1. The zero-order chi connectivity index (χ0) is 28.6. The second-order valence-electron chi connectivity index (χ2n) is 10.7. The lowest BCUT2D eigenvalue weighted by Crippen LogP contribution is -2.43. The Morgan fingerprint density at radius 3 is 2.48 bits per heavy atom. The number of carbonyl (C=O) groups excluding carboxylic acids is 1. The van der Waals surface area contributed by atoms with E-state index in [1.54, 1.807) is 36.2 Å². The van der Waals surface area contributed by atoms with Crippen molar-refractivity contribution in [3.63, 3.8) is 0 Å². The number of H-pyrrole nitrogens is 1. The average Bonchev–Trinajstić information content (AvgIpc) is 3.32. The van der Waals surface area contributed by atoms with Gasteiger partial charge in [0.05, 0.1) is 11.4 Å². The number of ether oxygens (including phenoxy) is 2. The highest BCUT2D eigenvalue weighted by atomic mass is 19.1. The lowest BCUT2D eigenvalue weighted by Gasteiger charge is -2.35. The summed E-state index contributed by atoms with van der Waals surface area (Å²) >= 11 is 0. The van der Waals surface area contributed by atoms with E-state index in [1.165, 1.54) is 6.07 Å². The van der Waals surface area contributed by atoms with Crippen LogP contribution in [0, 0.1) is 11.6 Å². The van der Waals surface area contributed by atoms with Crippen LogP contribution in [-0.4, -0.2) is 51.5 Å². The van der Waals surface area contributed by atoms with Crippen molar-refractivity contribution in [3.8, 4) is 22.6 Å². The first-order valence-electron chi connectivity index (χ1n) is 13.1. The molecule has 1 atom stereocenters. The third-order valence-corrected chi connectivity index (χ3v) is 6.74. The Kier molecular flexibility index (Phi) is 7.22. The number of aromatic amines is 1. The SMILES string of the molecule is CNc1n[nH]c(=O)c2c1c(-c1ccc(Oc3c(F)cccc3F)cc1)cn2[C@@H]1CCCN(C(=O)OC(C)(C)C)C1. The summed E-state index contributed by atoms with van der Waals surface area (Å²) in [5.74, 6) is -1.35. The molecule has 5 rings (SSSR count). The minimum absolute atomic E-state index is 0.169. The Morgan fingerprint density at radius 1 is 1.12 bits per heavy atom. The summed E-state index contributed by atoms with van der Waals surface area (Å²) in [4.78, 5) is 27.6. The average molecular weight is 552 g/mol. The molecule has 1 fully saturated rings. The van der Waals surface area contributed by atoms with Gasteiger partial charge in [0.15, 0.2) is 23.2 Å². The van der Waals surface area contributed by atoms with Gasteiger partial charge in [0.25, 0.3) is 5.56 Å². The van der Waals surface area contributed by atoms with Gasteiger partial charge in [0.2, 0.25) is 0 Å². The first-order valence-corrected chi connectivity index (χ1v) is 13.1. The molecule has 2 aromatic carbocycles. The third-order valence-electron chi connectivity index (χ3n) is 6.74. The number of anilines is 1. The third kappa shape index (κ3) is 5.36. The van der Waals surface area contributed by atoms with Crippen LogP contribution < -0.4 is 15.6 Å². The lowest BCUT2D eigenvalue weighted by atomic mass is 10.1. The molecular weight excluding hydrogens is 520 g/mol. The minimum Gasteiger partial charge on any atom is -0.451 e. The number of halogens is 2. The highest BCUT2D eigenvalue weighted by Gasteiger charge is 2.30. The largest absolute Gasteiger partial charge is 0.451 e. The molecule has 210 valence electrons. The number of aromatic nitrogens is 3. The molecule has 1 amide bonds. The normalized spacial score (nSPS) is 15.8. The molecule has 0 saturated carbocycles. The molecule has 0 bridgehead atoms. The molecule has 0 radical (unpaired) electrons. The van der Waals surface area contributed by atoms with E-state index in [0.29, 0.717) is 29.8 Å². The molecular formula is C29H31F2N5O4. The molecule has 11 heteroatoms. The van der Waals surface area contributed by atoms with Crippen molar-refractivity contribution in [1.82, 2.24) is 19.7 Å². The summed E-state index contributed by atoms with van der Waals surface area (Å²) in [6, 6.07) is 10.1. The zero-order valence-electron chi connectivity index (χ0n) is 22.8. The van der Waals surface area contributed by atoms with Crippen molar-refractivity contribution in [2.45, 2.75) is 45.3 Å². The highest BCUT2D eigenvalue weighted by molar-refractivity contribution is 6.02. The number of piperidine rings is 1. The van der Waals surface area contributed by atoms with E-state index in [2.05, 4.69) is 15.5 Å². The Bertz CT molecular complexity index is 1590. The lowest BCUT2D eigenvalue weighted by molar-refractivity contribution is 0.0174. The highest BCUT2D eigenvalue weighted by Crippen LogP contribution is 2.37. The molecule has 1 aliphatic heterocycles. The fraction of sp³-hybridized carbons (Fsp3) is 0.345. The second kappa shape index (κ2) is 10.6. The Morgan fingerprint density at radius 2 is 1.82 bits per heavy atom. The molecule has 0 unspecified atom stereocenters. The first-order chi connectivity index (χ1) is 19.1. The second-order valence-corrected chi connectivity index (χ2v) is 10.7. The van der Waals surface area contributed by atoms with Crippen molar-refractivity contribution in [3.05, 3.63) is 70.6 Å². The number of para-hydroxylation sites is 1. The van der Waals surface area contributed by atoms with Crippen LogP contribution >= 0.6 is 0 Å². The summed E-state index contributed by atoms with van der Waals surface area (Å²) in [6.07, 6.45) is 3.01. The number of fused-ring (bicyclic) bond motifs is 1. The van der Waals surface area contributed by atoms with E-state index >= 15 is 0 Å². The minimum atomic E-state index is -0.802. The number of hydrogen-bond acceptors (Lipinski definition) is 6. The maximum absolute atomic E-state index is 14.1. The molecule has 0 spiro atoms. The van der Waals surface area contributed by atoms with E-state index in [9.17, 15) is 18.4 Å². The van der Waals surface area contributed by atoms with Crippen LogP contribution in [0.3, 0.4) is 0 Å². The summed E-state index contributed by atoms with van der Waals surface area (Å²) in [6.45, 7) is 6.43. The topological polar surface area (TPSA) is 101 Å². The predicted molar refractivity (Wildman–Crippen MR) is 148 cm³/mol. The molecule has 2 N–H and O–H groups in total. The number of nitrogens with zero attached hydrogens (tertiary/aromatic N) is 3. The van der Waals surface area contributed by atoms with Crippen LogP contribution in [0.4, 0.5) is 19.4 Å². The predicted octanol–water partition coefficient (Wildman–Crippen LogP) is 6.08. The Labute approximate surface area is 229 Å². The van der Waals surface area contributed by atoms with Gasteiger partial charge in [-0.15, -0.1) is 0 Å². The molecule has 1 aliphatic rings. The van der Waals surface area contributed by atoms with Crippen LogP contribution in [0.1, 0.15) is 39.7 Å². The van der Waals surface area contributed by atoms with Gasteiger partial charge >= 0.3 is 6.09 Å². The van der Waals surface area contributed by atoms with Crippen LogP contribution in [0.15, 0.2) is 53.5 Å². The van der Waals surface area contributed by atoms with Gasteiger partial charge in [-0.2, -0.15) is 5.10 Å².